The van der Waals surface area contributed by atoms with E-state index in [4.69, 9.17) is 16.3 Å². The minimum atomic E-state index is -4.65. The van der Waals surface area contributed by atoms with Crippen LogP contribution in [-0.4, -0.2) is 78.2 Å². The third-order valence-electron chi connectivity index (χ3n) is 5.02. The first kappa shape index (κ1) is 22.0. The average Bonchev–Trinajstić information content (AvgIpc) is 2.95. The monoisotopic (exact) mass is 448 g/mol. The number of likely N-dealkylation sites (tertiary alicyclic amines) is 1. The van der Waals surface area contributed by atoms with E-state index in [1.54, 1.807) is 18.2 Å². The molecule has 0 bridgehead atoms. The highest BCUT2D eigenvalue weighted by molar-refractivity contribution is 6.31. The number of ether oxygens (including phenoxy) is 1. The van der Waals surface area contributed by atoms with Crippen molar-refractivity contribution in [1.29, 1.82) is 0 Å². The summed E-state index contributed by atoms with van der Waals surface area (Å²) in [6, 6.07) is 3.05. The number of urea groups is 2. The molecule has 1 N–H and O–H groups in total. The minimum Gasteiger partial charge on any atom is -0.495 e. The molecule has 0 spiro atoms. The van der Waals surface area contributed by atoms with E-state index in [1.807, 2.05) is 0 Å². The van der Waals surface area contributed by atoms with E-state index in [0.29, 0.717) is 29.3 Å². The van der Waals surface area contributed by atoms with Crippen molar-refractivity contribution < 1.29 is 32.3 Å². The highest BCUT2D eigenvalue weighted by Crippen LogP contribution is 2.29. The SMILES string of the molecule is COc1ccc(Cl)cc1NC(=O)N1CCC(N2CC(=O)N(CC(F)(F)F)C2=O)CC1. The summed E-state index contributed by atoms with van der Waals surface area (Å²) in [7, 11) is 1.46. The van der Waals surface area contributed by atoms with Crippen molar-refractivity contribution in [2.24, 2.45) is 0 Å². The summed E-state index contributed by atoms with van der Waals surface area (Å²) in [5.41, 5.74) is 0.403. The molecule has 0 aliphatic carbocycles. The highest BCUT2D eigenvalue weighted by atomic mass is 35.5. The van der Waals surface area contributed by atoms with Gasteiger partial charge in [-0.3, -0.25) is 9.69 Å². The number of amides is 5. The Balaban J connectivity index is 1.57. The van der Waals surface area contributed by atoms with E-state index >= 15 is 0 Å². The van der Waals surface area contributed by atoms with E-state index < -0.39 is 36.7 Å². The molecule has 2 aliphatic rings. The molecule has 1 aromatic rings. The van der Waals surface area contributed by atoms with Gasteiger partial charge in [0.05, 0.1) is 12.8 Å². The van der Waals surface area contributed by atoms with Gasteiger partial charge in [-0.05, 0) is 31.0 Å². The van der Waals surface area contributed by atoms with E-state index in [1.165, 1.54) is 12.0 Å². The van der Waals surface area contributed by atoms with Gasteiger partial charge in [0.15, 0.2) is 0 Å². The van der Waals surface area contributed by atoms with Gasteiger partial charge in [0.1, 0.15) is 18.8 Å². The van der Waals surface area contributed by atoms with Gasteiger partial charge in [0.25, 0.3) is 5.91 Å². The summed E-state index contributed by atoms with van der Waals surface area (Å²) >= 11 is 5.95. The van der Waals surface area contributed by atoms with Crippen molar-refractivity contribution >= 4 is 35.3 Å². The molecule has 2 fully saturated rings. The van der Waals surface area contributed by atoms with Crippen molar-refractivity contribution in [3.8, 4) is 5.75 Å². The smallest absolute Gasteiger partial charge is 0.406 e. The van der Waals surface area contributed by atoms with Gasteiger partial charge in [0.2, 0.25) is 0 Å². The maximum atomic E-state index is 12.6. The Morgan fingerprint density at radius 3 is 2.53 bits per heavy atom. The molecule has 2 aliphatic heterocycles. The Bertz CT molecular complexity index is 843. The minimum absolute atomic E-state index is 0.227. The molecule has 12 heteroatoms. The summed E-state index contributed by atoms with van der Waals surface area (Å²) < 4.78 is 43.0. The Morgan fingerprint density at radius 2 is 1.93 bits per heavy atom. The molecule has 0 unspecified atom stereocenters. The first-order chi connectivity index (χ1) is 14.1. The Kier molecular flexibility index (Phi) is 6.30. The summed E-state index contributed by atoms with van der Waals surface area (Å²) in [4.78, 5) is 39.6. The van der Waals surface area contributed by atoms with E-state index in [-0.39, 0.29) is 24.5 Å². The normalized spacial score (nSPS) is 18.2. The lowest BCUT2D eigenvalue weighted by atomic mass is 10.0. The standard InChI is InChI=1S/C18H20ClF3N4O4/c1-30-14-3-2-11(19)8-13(14)23-16(28)24-6-4-12(5-7-24)25-9-15(27)26(17(25)29)10-18(20,21)22/h2-3,8,12H,4-7,9-10H2,1H3,(H,23,28). The molecule has 2 heterocycles. The number of nitrogens with zero attached hydrogens (tertiary/aromatic N) is 3. The lowest BCUT2D eigenvalue weighted by Gasteiger charge is -2.36. The van der Waals surface area contributed by atoms with Crippen LogP contribution >= 0.6 is 11.6 Å². The number of methoxy groups -OCH3 is 1. The molecule has 0 radical (unpaired) electrons. The molecule has 5 amide bonds. The number of alkyl halides is 3. The third-order valence-corrected chi connectivity index (χ3v) is 5.25. The lowest BCUT2D eigenvalue weighted by Crippen LogP contribution is -2.49. The fraction of sp³-hybridized carbons (Fsp3) is 0.500. The van der Waals surface area contributed by atoms with E-state index in [0.717, 1.165) is 4.90 Å². The van der Waals surface area contributed by atoms with Gasteiger partial charge in [0, 0.05) is 24.2 Å². The van der Waals surface area contributed by atoms with Crippen LogP contribution in [0.2, 0.25) is 5.02 Å². The van der Waals surface area contributed by atoms with Crippen LogP contribution in [-0.2, 0) is 4.79 Å². The second-order valence-corrected chi connectivity index (χ2v) is 7.43. The zero-order valence-corrected chi connectivity index (χ0v) is 16.8. The summed E-state index contributed by atoms with van der Waals surface area (Å²) in [6.45, 7) is -1.43. The Morgan fingerprint density at radius 1 is 1.27 bits per heavy atom. The van der Waals surface area contributed by atoms with Gasteiger partial charge in [-0.1, -0.05) is 11.6 Å². The molecule has 164 valence electrons. The van der Waals surface area contributed by atoms with Crippen LogP contribution in [0.4, 0.5) is 28.4 Å². The molecule has 2 saturated heterocycles. The third kappa shape index (κ3) is 4.89. The summed E-state index contributed by atoms with van der Waals surface area (Å²) in [5, 5.41) is 3.14. The van der Waals surface area contributed by atoms with Crippen LogP contribution in [0.5, 0.6) is 5.75 Å². The molecule has 0 aromatic heterocycles. The second-order valence-electron chi connectivity index (χ2n) is 7.00. The quantitative estimate of drug-likeness (QED) is 0.717. The fourth-order valence-corrected chi connectivity index (χ4v) is 3.71. The van der Waals surface area contributed by atoms with Crippen LogP contribution in [0.15, 0.2) is 18.2 Å². The number of anilines is 1. The molecular formula is C18H20ClF3N4O4. The Hall–Kier alpha value is -2.69. The maximum Gasteiger partial charge on any atom is 0.406 e. The van der Waals surface area contributed by atoms with Crippen LogP contribution < -0.4 is 10.1 Å². The first-order valence-electron chi connectivity index (χ1n) is 9.16. The fourth-order valence-electron chi connectivity index (χ4n) is 3.53. The number of carbonyl (C=O) groups is 3. The van der Waals surface area contributed by atoms with Gasteiger partial charge < -0.3 is 19.9 Å². The number of piperidine rings is 1. The van der Waals surface area contributed by atoms with Crippen molar-refractivity contribution in [2.45, 2.75) is 25.1 Å². The number of hydrogen-bond acceptors (Lipinski definition) is 4. The largest absolute Gasteiger partial charge is 0.495 e. The van der Waals surface area contributed by atoms with Crippen molar-refractivity contribution in [2.75, 3.05) is 38.6 Å². The predicted molar refractivity (Wildman–Crippen MR) is 101 cm³/mol. The number of rotatable bonds is 4. The van der Waals surface area contributed by atoms with E-state index in [9.17, 15) is 27.6 Å². The number of halogens is 4. The number of hydrogen-bond donors (Lipinski definition) is 1. The van der Waals surface area contributed by atoms with E-state index in [2.05, 4.69) is 5.32 Å². The maximum absolute atomic E-state index is 12.6. The lowest BCUT2D eigenvalue weighted by molar-refractivity contribution is -0.151. The molecule has 8 nitrogen and oxygen atoms in total. The molecule has 0 saturated carbocycles. The zero-order chi connectivity index (χ0) is 22.1. The van der Waals surface area contributed by atoms with Crippen molar-refractivity contribution in [3.63, 3.8) is 0 Å². The van der Waals surface area contributed by atoms with Gasteiger partial charge >= 0.3 is 18.2 Å². The first-order valence-corrected chi connectivity index (χ1v) is 9.54. The van der Waals surface area contributed by atoms with Crippen LogP contribution in [0.3, 0.4) is 0 Å². The van der Waals surface area contributed by atoms with Crippen LogP contribution in [0, 0.1) is 0 Å². The average molecular weight is 449 g/mol. The number of nitrogens with one attached hydrogen (secondary N) is 1. The van der Waals surface area contributed by atoms with Crippen molar-refractivity contribution in [3.05, 3.63) is 23.2 Å². The molecule has 30 heavy (non-hydrogen) atoms. The molecule has 0 atom stereocenters. The zero-order valence-electron chi connectivity index (χ0n) is 16.0. The molecule has 1 aromatic carbocycles. The van der Waals surface area contributed by atoms with Gasteiger partial charge in [-0.25, -0.2) is 9.59 Å². The molecule has 3 rings (SSSR count). The van der Waals surface area contributed by atoms with Crippen LogP contribution in [0.25, 0.3) is 0 Å². The summed E-state index contributed by atoms with van der Waals surface area (Å²) in [6.07, 6.45) is -3.96. The molecular weight excluding hydrogens is 429 g/mol. The van der Waals surface area contributed by atoms with Gasteiger partial charge in [-0.15, -0.1) is 0 Å². The number of carbonyl (C=O) groups excluding carboxylic acids is 3. The number of benzene rings is 1. The summed E-state index contributed by atoms with van der Waals surface area (Å²) in [5.74, 6) is -0.431. The van der Waals surface area contributed by atoms with Crippen LogP contribution in [0.1, 0.15) is 12.8 Å². The topological polar surface area (TPSA) is 82.2 Å². The predicted octanol–water partition coefficient (Wildman–Crippen LogP) is 3.17. The Labute approximate surface area is 175 Å². The van der Waals surface area contributed by atoms with Gasteiger partial charge in [-0.2, -0.15) is 13.2 Å². The highest BCUT2D eigenvalue weighted by Gasteiger charge is 2.45. The second kappa shape index (κ2) is 8.58. The number of imide groups is 1. The van der Waals surface area contributed by atoms with Crippen molar-refractivity contribution in [1.82, 2.24) is 14.7 Å².